The van der Waals surface area contributed by atoms with Gasteiger partial charge in [0.15, 0.2) is 0 Å². The highest BCUT2D eigenvalue weighted by Crippen LogP contribution is 2.26. The monoisotopic (exact) mass is 304 g/mol. The molecule has 6 N–H and O–H groups in total. The summed E-state index contributed by atoms with van der Waals surface area (Å²) in [6.07, 6.45) is 1.32. The molecule has 1 rings (SSSR count). The summed E-state index contributed by atoms with van der Waals surface area (Å²) in [6.45, 7) is 0. The molecule has 0 bridgehead atoms. The molecule has 8 heteroatoms. The summed E-state index contributed by atoms with van der Waals surface area (Å²) in [5.41, 5.74) is 8.74. The van der Waals surface area contributed by atoms with Crippen LogP contribution in [0.15, 0.2) is 36.4 Å². The van der Waals surface area contributed by atoms with Crippen LogP contribution in [-0.2, 0) is 19.2 Å². The molecule has 1 aromatic rings. The van der Waals surface area contributed by atoms with Gasteiger partial charge in [-0.25, -0.2) is 9.59 Å². The molecule has 0 fully saturated rings. The fourth-order valence-electron chi connectivity index (χ4n) is 1.75. The summed E-state index contributed by atoms with van der Waals surface area (Å²) in [6, 6.07) is 5.46. The molecule has 0 unspecified atom stereocenters. The Hall–Kier alpha value is -3.42. The van der Waals surface area contributed by atoms with Gasteiger partial charge >= 0.3 is 11.9 Å². The predicted molar refractivity (Wildman–Crippen MR) is 76.1 cm³/mol. The molecule has 0 atom stereocenters. The van der Waals surface area contributed by atoms with E-state index in [0.29, 0.717) is 12.2 Å². The normalized spacial score (nSPS) is 11.8. The average molecular weight is 304 g/mol. The van der Waals surface area contributed by atoms with Gasteiger partial charge in [-0.05, 0) is 11.1 Å². The van der Waals surface area contributed by atoms with Crippen molar-refractivity contribution in [2.24, 2.45) is 11.5 Å². The van der Waals surface area contributed by atoms with Gasteiger partial charge in [0, 0.05) is 12.2 Å². The summed E-state index contributed by atoms with van der Waals surface area (Å²) >= 11 is 0. The van der Waals surface area contributed by atoms with Crippen molar-refractivity contribution in [1.82, 2.24) is 0 Å². The van der Waals surface area contributed by atoms with Crippen LogP contribution in [0.1, 0.15) is 11.1 Å². The number of primary amides is 2. The van der Waals surface area contributed by atoms with E-state index in [9.17, 15) is 19.2 Å². The molecule has 1 aromatic carbocycles. The van der Waals surface area contributed by atoms with Gasteiger partial charge in [-0.15, -0.1) is 0 Å². The Morgan fingerprint density at radius 1 is 0.773 bits per heavy atom. The van der Waals surface area contributed by atoms with E-state index < -0.39 is 34.9 Å². The Kier molecular flexibility index (Phi) is 5.17. The summed E-state index contributed by atoms with van der Waals surface area (Å²) in [7, 11) is 0. The third-order valence-electron chi connectivity index (χ3n) is 2.54. The first-order valence-corrected chi connectivity index (χ1v) is 5.82. The molecule has 0 aromatic heterocycles. The highest BCUT2D eigenvalue weighted by molar-refractivity contribution is 6.25. The van der Waals surface area contributed by atoms with Crippen molar-refractivity contribution >= 4 is 34.9 Å². The van der Waals surface area contributed by atoms with Crippen molar-refractivity contribution in [3.8, 4) is 0 Å². The van der Waals surface area contributed by atoms with Gasteiger partial charge in [0.25, 0.3) is 0 Å². The van der Waals surface area contributed by atoms with Gasteiger partial charge in [-0.1, -0.05) is 24.3 Å². The van der Waals surface area contributed by atoms with E-state index in [1.54, 1.807) is 0 Å². The van der Waals surface area contributed by atoms with Crippen LogP contribution in [-0.4, -0.2) is 34.0 Å². The van der Waals surface area contributed by atoms with E-state index in [2.05, 4.69) is 0 Å². The second-order valence-corrected chi connectivity index (χ2v) is 4.08. The molecule has 0 spiro atoms. The third-order valence-corrected chi connectivity index (χ3v) is 2.54. The predicted octanol–water partition coefficient (Wildman–Crippen LogP) is -0.407. The van der Waals surface area contributed by atoms with E-state index in [-0.39, 0.29) is 11.1 Å². The van der Waals surface area contributed by atoms with Crippen LogP contribution >= 0.6 is 0 Å². The lowest BCUT2D eigenvalue weighted by Crippen LogP contribution is -2.14. The number of carbonyl (C=O) groups is 4. The highest BCUT2D eigenvalue weighted by Gasteiger charge is 2.21. The zero-order chi connectivity index (χ0) is 16.9. The van der Waals surface area contributed by atoms with Gasteiger partial charge in [-0.2, -0.15) is 0 Å². The van der Waals surface area contributed by atoms with Crippen molar-refractivity contribution in [1.29, 1.82) is 0 Å². The van der Waals surface area contributed by atoms with E-state index >= 15 is 0 Å². The second-order valence-electron chi connectivity index (χ2n) is 4.08. The maximum Gasteiger partial charge on any atom is 0.336 e. The third kappa shape index (κ3) is 4.04. The first-order valence-electron chi connectivity index (χ1n) is 5.82. The fourth-order valence-corrected chi connectivity index (χ4v) is 1.75. The lowest BCUT2D eigenvalue weighted by molar-refractivity contribution is -0.131. The van der Waals surface area contributed by atoms with Gasteiger partial charge in [0.2, 0.25) is 11.8 Å². The molecule has 0 aliphatic heterocycles. The topological polar surface area (TPSA) is 161 Å². The van der Waals surface area contributed by atoms with Crippen LogP contribution in [0.2, 0.25) is 0 Å². The lowest BCUT2D eigenvalue weighted by atomic mass is 9.93. The van der Waals surface area contributed by atoms with E-state index in [4.69, 9.17) is 21.7 Å². The number of hydrogen-bond acceptors (Lipinski definition) is 4. The van der Waals surface area contributed by atoms with Crippen molar-refractivity contribution in [3.05, 3.63) is 47.5 Å². The molecule has 0 aliphatic carbocycles. The molecule has 0 saturated heterocycles. The van der Waals surface area contributed by atoms with E-state index in [0.717, 1.165) is 0 Å². The number of carboxylic acids is 2. The number of benzene rings is 1. The van der Waals surface area contributed by atoms with Crippen molar-refractivity contribution < 1.29 is 29.4 Å². The number of aliphatic carboxylic acids is 2. The Labute approximate surface area is 124 Å². The summed E-state index contributed by atoms with van der Waals surface area (Å²) < 4.78 is 0. The smallest absolute Gasteiger partial charge is 0.336 e. The number of amides is 2. The molecule has 0 radical (unpaired) electrons. The van der Waals surface area contributed by atoms with E-state index in [1.165, 1.54) is 24.3 Å². The number of hydrogen-bond donors (Lipinski definition) is 4. The number of carboxylic acid groups (broad SMARTS) is 2. The fraction of sp³-hybridized carbons (Fsp3) is 0. The molecular weight excluding hydrogens is 292 g/mol. The summed E-state index contributed by atoms with van der Waals surface area (Å²) in [5.74, 6) is -4.98. The lowest BCUT2D eigenvalue weighted by Gasteiger charge is -2.10. The van der Waals surface area contributed by atoms with E-state index in [1.807, 2.05) is 0 Å². The zero-order valence-electron chi connectivity index (χ0n) is 11.1. The molecule has 0 heterocycles. The standard InChI is InChI=1S/C14H12N2O6/c15-11(17)5-9(13(19)20)7-3-1-2-4-8(7)10(14(21)22)6-12(16)18/h1-6H,(H2,15,17)(H2,16,18)(H,19,20)(H,21,22)/b9-5+,10-6+. The molecule has 8 nitrogen and oxygen atoms in total. The van der Waals surface area contributed by atoms with Gasteiger partial charge in [-0.3, -0.25) is 9.59 Å². The van der Waals surface area contributed by atoms with Gasteiger partial charge in [0.05, 0.1) is 11.1 Å². The van der Waals surface area contributed by atoms with Crippen LogP contribution in [0.3, 0.4) is 0 Å². The molecule has 0 aliphatic rings. The van der Waals surface area contributed by atoms with Gasteiger partial charge < -0.3 is 21.7 Å². The minimum absolute atomic E-state index is 0.0799. The van der Waals surface area contributed by atoms with Gasteiger partial charge in [0.1, 0.15) is 0 Å². The summed E-state index contributed by atoms with van der Waals surface area (Å²) in [5, 5.41) is 18.3. The van der Waals surface area contributed by atoms with Crippen molar-refractivity contribution in [2.75, 3.05) is 0 Å². The Morgan fingerprint density at radius 2 is 1.09 bits per heavy atom. The van der Waals surface area contributed by atoms with Crippen molar-refractivity contribution in [3.63, 3.8) is 0 Å². The number of nitrogens with two attached hydrogens (primary N) is 2. The van der Waals surface area contributed by atoms with Crippen LogP contribution in [0.4, 0.5) is 0 Å². The molecular formula is C14H12N2O6. The minimum atomic E-state index is -1.48. The maximum absolute atomic E-state index is 11.3. The average Bonchev–Trinajstić information content (AvgIpc) is 2.41. The minimum Gasteiger partial charge on any atom is -0.478 e. The first-order chi connectivity index (χ1) is 10.2. The van der Waals surface area contributed by atoms with Crippen LogP contribution < -0.4 is 11.5 Å². The molecule has 2 amide bonds. The van der Waals surface area contributed by atoms with Crippen LogP contribution in [0, 0.1) is 0 Å². The molecule has 114 valence electrons. The van der Waals surface area contributed by atoms with Crippen molar-refractivity contribution in [2.45, 2.75) is 0 Å². The Bertz CT molecular complexity index is 657. The highest BCUT2D eigenvalue weighted by atomic mass is 16.4. The number of carbonyl (C=O) groups excluding carboxylic acids is 2. The maximum atomic E-state index is 11.3. The molecule has 22 heavy (non-hydrogen) atoms. The van der Waals surface area contributed by atoms with Crippen LogP contribution in [0.5, 0.6) is 0 Å². The largest absolute Gasteiger partial charge is 0.478 e. The Morgan fingerprint density at radius 3 is 1.32 bits per heavy atom. The second kappa shape index (κ2) is 6.84. The number of rotatable bonds is 6. The zero-order valence-corrected chi connectivity index (χ0v) is 11.1. The molecule has 0 saturated carbocycles. The first kappa shape index (κ1) is 16.6. The Balaban J connectivity index is 3.66. The quantitative estimate of drug-likeness (QED) is 0.522. The SMILES string of the molecule is NC(=O)/C=C(/C(=O)O)c1ccccc1/C(=C\C(N)=O)C(=O)O. The van der Waals surface area contributed by atoms with Crippen LogP contribution in [0.25, 0.3) is 11.1 Å². The summed E-state index contributed by atoms with van der Waals surface area (Å²) in [4.78, 5) is 44.5.